The van der Waals surface area contributed by atoms with Gasteiger partial charge in [-0.1, -0.05) is 55.5 Å². The van der Waals surface area contributed by atoms with Crippen LogP contribution in [0, 0.1) is 0 Å². The Morgan fingerprint density at radius 2 is 1.79 bits per heavy atom. The number of anilines is 2. The normalized spacial score (nSPS) is 12.9. The summed E-state index contributed by atoms with van der Waals surface area (Å²) >= 11 is 0. The van der Waals surface area contributed by atoms with Crippen LogP contribution in [0.3, 0.4) is 0 Å². The van der Waals surface area contributed by atoms with E-state index in [9.17, 15) is 4.79 Å². The molecular weight excluding hydrogens is 410 g/mol. The van der Waals surface area contributed by atoms with Crippen LogP contribution in [0.15, 0.2) is 78.9 Å². The number of hydrogen-bond donors (Lipinski definition) is 1. The van der Waals surface area contributed by atoms with Crippen molar-refractivity contribution in [1.82, 2.24) is 4.98 Å². The lowest BCUT2D eigenvalue weighted by Crippen LogP contribution is -2.30. The van der Waals surface area contributed by atoms with E-state index in [1.807, 2.05) is 42.5 Å². The van der Waals surface area contributed by atoms with Crippen LogP contribution >= 0.6 is 0 Å². The van der Waals surface area contributed by atoms with E-state index in [-0.39, 0.29) is 12.5 Å². The molecule has 5 heteroatoms. The molecule has 3 aromatic carbocycles. The van der Waals surface area contributed by atoms with Gasteiger partial charge in [-0.2, -0.15) is 0 Å². The fourth-order valence-corrected chi connectivity index (χ4v) is 4.26. The molecule has 33 heavy (non-hydrogen) atoms. The third-order valence-electron chi connectivity index (χ3n) is 6.13. The lowest BCUT2D eigenvalue weighted by atomic mass is 10.00. The van der Waals surface area contributed by atoms with E-state index in [2.05, 4.69) is 53.5 Å². The largest absolute Gasteiger partial charge is 0.481 e. The van der Waals surface area contributed by atoms with Gasteiger partial charge in [0.1, 0.15) is 17.1 Å². The third kappa shape index (κ3) is 4.67. The van der Waals surface area contributed by atoms with Gasteiger partial charge in [0.15, 0.2) is 6.61 Å². The van der Waals surface area contributed by atoms with Crippen LogP contribution in [0.4, 0.5) is 11.5 Å². The third-order valence-corrected chi connectivity index (χ3v) is 6.13. The number of aryl methyl sites for hydroxylation is 1. The number of nitrogens with one attached hydrogen (secondary N) is 1. The molecule has 0 radical (unpaired) electrons. The van der Waals surface area contributed by atoms with Gasteiger partial charge < -0.3 is 15.0 Å². The molecule has 1 N–H and O–H groups in total. The average Bonchev–Trinajstić information content (AvgIpc) is 2.87. The number of amides is 1. The Labute approximate surface area is 194 Å². The first-order valence-electron chi connectivity index (χ1n) is 11.4. The van der Waals surface area contributed by atoms with E-state index in [1.165, 1.54) is 16.7 Å². The van der Waals surface area contributed by atoms with Crippen LogP contribution < -0.4 is 15.0 Å². The molecule has 0 spiro atoms. The number of para-hydroxylation sites is 1. The monoisotopic (exact) mass is 437 g/mol. The first-order valence-corrected chi connectivity index (χ1v) is 11.4. The first-order chi connectivity index (χ1) is 16.2. The zero-order valence-corrected chi connectivity index (χ0v) is 18.8. The van der Waals surface area contributed by atoms with Gasteiger partial charge in [-0.3, -0.25) is 4.79 Å². The zero-order chi connectivity index (χ0) is 22.6. The van der Waals surface area contributed by atoms with E-state index < -0.39 is 0 Å². The quantitative estimate of drug-likeness (QED) is 0.440. The predicted molar refractivity (Wildman–Crippen MR) is 133 cm³/mol. The van der Waals surface area contributed by atoms with E-state index in [1.54, 1.807) is 0 Å². The van der Waals surface area contributed by atoms with Crippen molar-refractivity contribution in [2.45, 2.75) is 26.3 Å². The summed E-state index contributed by atoms with van der Waals surface area (Å²) in [4.78, 5) is 19.7. The highest BCUT2D eigenvalue weighted by Crippen LogP contribution is 2.29. The van der Waals surface area contributed by atoms with Crippen molar-refractivity contribution in [3.8, 4) is 5.75 Å². The second-order valence-electron chi connectivity index (χ2n) is 8.32. The summed E-state index contributed by atoms with van der Waals surface area (Å²) in [6.07, 6.45) is 1.98. The molecule has 5 nitrogen and oxygen atoms in total. The van der Waals surface area contributed by atoms with E-state index in [4.69, 9.17) is 9.72 Å². The Balaban J connectivity index is 1.30. The van der Waals surface area contributed by atoms with Crippen molar-refractivity contribution >= 4 is 28.3 Å². The minimum Gasteiger partial charge on any atom is -0.481 e. The Hall–Kier alpha value is -3.86. The van der Waals surface area contributed by atoms with Crippen LogP contribution in [0.25, 0.3) is 10.9 Å². The highest BCUT2D eigenvalue weighted by Gasteiger charge is 2.18. The molecule has 4 aromatic rings. The molecule has 0 saturated heterocycles. The summed E-state index contributed by atoms with van der Waals surface area (Å²) in [5, 5.41) is 3.88. The second-order valence-corrected chi connectivity index (χ2v) is 8.32. The van der Waals surface area contributed by atoms with E-state index >= 15 is 0 Å². The molecule has 5 rings (SSSR count). The molecule has 0 unspecified atom stereocenters. The molecule has 0 fully saturated rings. The zero-order valence-electron chi connectivity index (χ0n) is 18.8. The number of aromatic nitrogens is 1. The SMILES string of the molecule is CCc1ccc(NC(=O)COc2cccc3ccc(N4CCc5ccccc5C4)nc23)cc1. The number of ether oxygens (including phenoxy) is 1. The molecule has 0 aliphatic carbocycles. The van der Waals surface area contributed by atoms with E-state index in [0.717, 1.165) is 48.3 Å². The number of carbonyl (C=O) groups is 1. The van der Waals surface area contributed by atoms with Gasteiger partial charge >= 0.3 is 0 Å². The van der Waals surface area contributed by atoms with Gasteiger partial charge in [-0.05, 0) is 59.9 Å². The first kappa shape index (κ1) is 21.0. The minimum absolute atomic E-state index is 0.0718. The van der Waals surface area contributed by atoms with Gasteiger partial charge in [0.05, 0.1) is 0 Å². The summed E-state index contributed by atoms with van der Waals surface area (Å²) in [6, 6.07) is 26.4. The molecule has 1 aliphatic rings. The smallest absolute Gasteiger partial charge is 0.262 e. The molecule has 166 valence electrons. The Morgan fingerprint density at radius 3 is 2.61 bits per heavy atom. The van der Waals surface area contributed by atoms with Gasteiger partial charge in [-0.25, -0.2) is 4.98 Å². The number of pyridine rings is 1. The maximum Gasteiger partial charge on any atom is 0.262 e. The number of nitrogens with zero attached hydrogens (tertiary/aromatic N) is 2. The Kier molecular flexibility index (Phi) is 5.94. The number of rotatable bonds is 6. The molecule has 1 aromatic heterocycles. The number of carbonyl (C=O) groups excluding carboxylic acids is 1. The van der Waals surface area contributed by atoms with Gasteiger partial charge in [0, 0.05) is 24.2 Å². The van der Waals surface area contributed by atoms with Crippen molar-refractivity contribution in [2.75, 3.05) is 23.4 Å². The van der Waals surface area contributed by atoms with Crippen LogP contribution in [0.5, 0.6) is 5.75 Å². The molecule has 0 bridgehead atoms. The van der Waals surface area contributed by atoms with Crippen LogP contribution in [0.1, 0.15) is 23.6 Å². The Bertz CT molecular complexity index is 1280. The summed E-state index contributed by atoms with van der Waals surface area (Å²) in [5.74, 6) is 1.34. The van der Waals surface area contributed by atoms with Crippen molar-refractivity contribution < 1.29 is 9.53 Å². The molecule has 0 atom stereocenters. The summed E-state index contributed by atoms with van der Waals surface area (Å²) < 4.78 is 5.90. The predicted octanol–water partition coefficient (Wildman–Crippen LogP) is 5.38. The topological polar surface area (TPSA) is 54.5 Å². The van der Waals surface area contributed by atoms with Crippen molar-refractivity contribution in [3.63, 3.8) is 0 Å². The number of benzene rings is 3. The van der Waals surface area contributed by atoms with E-state index in [0.29, 0.717) is 5.75 Å². The second kappa shape index (κ2) is 9.33. The molecule has 2 heterocycles. The highest BCUT2D eigenvalue weighted by molar-refractivity contribution is 5.92. The Morgan fingerprint density at radius 1 is 0.970 bits per heavy atom. The fraction of sp³-hybridized carbons (Fsp3) is 0.214. The highest BCUT2D eigenvalue weighted by atomic mass is 16.5. The summed E-state index contributed by atoms with van der Waals surface area (Å²) in [5.41, 5.74) is 5.53. The standard InChI is InChI=1S/C28H27N3O2/c1-2-20-10-13-24(14-11-20)29-27(32)19-33-25-9-5-8-22-12-15-26(30-28(22)25)31-17-16-21-6-3-4-7-23(21)18-31/h3-15H,2,16-19H2,1H3,(H,29,32). The molecule has 0 saturated carbocycles. The van der Waals surface area contributed by atoms with Crippen LogP contribution in [-0.2, 0) is 24.2 Å². The maximum absolute atomic E-state index is 12.4. The number of hydrogen-bond acceptors (Lipinski definition) is 4. The van der Waals surface area contributed by atoms with Crippen molar-refractivity contribution in [3.05, 3.63) is 95.6 Å². The molecule has 1 amide bonds. The average molecular weight is 438 g/mol. The number of fused-ring (bicyclic) bond motifs is 2. The lowest BCUT2D eigenvalue weighted by Gasteiger charge is -2.30. The van der Waals surface area contributed by atoms with Gasteiger partial charge in [0.25, 0.3) is 5.91 Å². The molecular formula is C28H27N3O2. The van der Waals surface area contributed by atoms with Gasteiger partial charge in [-0.15, -0.1) is 0 Å². The van der Waals surface area contributed by atoms with Crippen molar-refractivity contribution in [2.24, 2.45) is 0 Å². The van der Waals surface area contributed by atoms with Crippen molar-refractivity contribution in [1.29, 1.82) is 0 Å². The maximum atomic E-state index is 12.4. The lowest BCUT2D eigenvalue weighted by molar-refractivity contribution is -0.118. The van der Waals surface area contributed by atoms with Gasteiger partial charge in [0.2, 0.25) is 0 Å². The summed E-state index contributed by atoms with van der Waals surface area (Å²) in [7, 11) is 0. The minimum atomic E-state index is -0.194. The van der Waals surface area contributed by atoms with Crippen LogP contribution in [0.2, 0.25) is 0 Å². The van der Waals surface area contributed by atoms with Crippen LogP contribution in [-0.4, -0.2) is 24.0 Å². The fourth-order valence-electron chi connectivity index (χ4n) is 4.26. The molecule has 1 aliphatic heterocycles. The summed E-state index contributed by atoms with van der Waals surface area (Å²) in [6.45, 7) is 3.81.